The number of aromatic carboxylic acids is 1. The molecule has 1 aliphatic carbocycles. The number of hydrogen-bond donors (Lipinski definition) is 2. The van der Waals surface area contributed by atoms with Crippen molar-refractivity contribution in [3.8, 4) is 0 Å². The third-order valence-corrected chi connectivity index (χ3v) is 7.17. The van der Waals surface area contributed by atoms with Crippen molar-refractivity contribution in [1.82, 2.24) is 19.6 Å². The highest BCUT2D eigenvalue weighted by atomic mass is 35.5. The van der Waals surface area contributed by atoms with E-state index in [0.717, 1.165) is 18.4 Å². The number of fused-ring (bicyclic) bond motifs is 1. The monoisotopic (exact) mass is 511 g/mol. The van der Waals surface area contributed by atoms with Gasteiger partial charge in [0.15, 0.2) is 0 Å². The Labute approximate surface area is 211 Å². The van der Waals surface area contributed by atoms with Crippen LogP contribution >= 0.6 is 11.6 Å². The molecule has 0 spiro atoms. The van der Waals surface area contributed by atoms with Crippen LogP contribution in [0.3, 0.4) is 0 Å². The smallest absolute Gasteiger partial charge is 0.335 e. The van der Waals surface area contributed by atoms with Gasteiger partial charge in [0.05, 0.1) is 46.7 Å². The number of halogens is 2. The van der Waals surface area contributed by atoms with Crippen molar-refractivity contribution >= 4 is 35.2 Å². The van der Waals surface area contributed by atoms with Crippen molar-refractivity contribution in [3.05, 3.63) is 81.9 Å². The minimum Gasteiger partial charge on any atom is -0.478 e. The minimum absolute atomic E-state index is 0.0941. The Morgan fingerprint density at radius 1 is 1.17 bits per heavy atom. The van der Waals surface area contributed by atoms with Crippen LogP contribution in [0.1, 0.15) is 44.8 Å². The summed E-state index contributed by atoms with van der Waals surface area (Å²) in [5.41, 5.74) is 1.73. The summed E-state index contributed by atoms with van der Waals surface area (Å²) in [6, 6.07) is 10.2. The summed E-state index contributed by atoms with van der Waals surface area (Å²) in [5.74, 6) is -1.84. The minimum atomic E-state index is -1.02. The highest BCUT2D eigenvalue weighted by Gasteiger charge is 2.50. The molecule has 0 saturated heterocycles. The first-order valence-electron chi connectivity index (χ1n) is 11.4. The van der Waals surface area contributed by atoms with E-state index in [1.807, 2.05) is 6.07 Å². The molecule has 3 aromatic rings. The van der Waals surface area contributed by atoms with Gasteiger partial charge in [0.1, 0.15) is 5.82 Å². The maximum absolute atomic E-state index is 13.6. The van der Waals surface area contributed by atoms with Crippen molar-refractivity contribution in [3.63, 3.8) is 0 Å². The first-order chi connectivity index (χ1) is 17.2. The quantitative estimate of drug-likeness (QED) is 0.534. The summed E-state index contributed by atoms with van der Waals surface area (Å²) in [4.78, 5) is 41.1. The molecule has 0 radical (unpaired) electrons. The fourth-order valence-electron chi connectivity index (χ4n) is 4.63. The number of hydrogen-bond acceptors (Lipinski definition) is 4. The molecule has 1 aromatic heterocycles. The number of amides is 3. The lowest BCUT2D eigenvalue weighted by Gasteiger charge is -2.31. The third-order valence-electron chi connectivity index (χ3n) is 6.88. The molecule has 3 amide bonds. The van der Waals surface area contributed by atoms with Gasteiger partial charge in [-0.3, -0.25) is 9.48 Å². The van der Waals surface area contributed by atoms with Gasteiger partial charge in [-0.05, 0) is 48.7 Å². The van der Waals surface area contributed by atoms with E-state index in [9.17, 15) is 23.9 Å². The number of nitrogens with one attached hydrogen (secondary N) is 1. The second-order valence-corrected chi connectivity index (χ2v) is 9.40. The van der Waals surface area contributed by atoms with Crippen LogP contribution in [0.5, 0.6) is 0 Å². The number of anilines is 1. The molecule has 5 rings (SSSR count). The maximum Gasteiger partial charge on any atom is 0.335 e. The molecule has 2 aromatic carbocycles. The first-order valence-corrected chi connectivity index (χ1v) is 11.7. The zero-order valence-electron chi connectivity index (χ0n) is 19.4. The molecule has 2 heterocycles. The van der Waals surface area contributed by atoms with E-state index in [1.54, 1.807) is 33.7 Å². The number of nitrogens with zero attached hydrogens (tertiary/aromatic N) is 4. The highest BCUT2D eigenvalue weighted by molar-refractivity contribution is 6.31. The van der Waals surface area contributed by atoms with Crippen LogP contribution in [0.4, 0.5) is 14.9 Å². The topological polar surface area (TPSA) is 108 Å². The van der Waals surface area contributed by atoms with Crippen LogP contribution in [0, 0.1) is 5.82 Å². The second kappa shape index (κ2) is 8.94. The fraction of sp³-hybridized carbons (Fsp3) is 0.280. The SMILES string of the molecule is CN(C(=O)c1cnn2c1CN(C(=O)Nc1ccc(F)c(Cl)c1)CC2)C1(c2cccc(C(=O)O)c2)CC1. The molecule has 9 nitrogen and oxygen atoms in total. The van der Waals surface area contributed by atoms with Crippen molar-refractivity contribution in [1.29, 1.82) is 0 Å². The summed E-state index contributed by atoms with van der Waals surface area (Å²) in [6.45, 7) is 0.956. The molecule has 0 bridgehead atoms. The van der Waals surface area contributed by atoms with Crippen molar-refractivity contribution in [2.75, 3.05) is 18.9 Å². The predicted octanol–water partition coefficient (Wildman–Crippen LogP) is 4.18. The van der Waals surface area contributed by atoms with Gasteiger partial charge in [-0.2, -0.15) is 5.10 Å². The Hall–Kier alpha value is -3.92. The number of rotatable bonds is 5. The lowest BCUT2D eigenvalue weighted by Crippen LogP contribution is -2.42. The van der Waals surface area contributed by atoms with Gasteiger partial charge in [-0.15, -0.1) is 0 Å². The van der Waals surface area contributed by atoms with Crippen molar-refractivity contribution < 1.29 is 23.9 Å². The molecule has 186 valence electrons. The van der Waals surface area contributed by atoms with Gasteiger partial charge in [-0.25, -0.2) is 14.0 Å². The summed E-state index contributed by atoms with van der Waals surface area (Å²) in [6.07, 6.45) is 2.95. The van der Waals surface area contributed by atoms with Crippen LogP contribution in [-0.2, 0) is 18.6 Å². The van der Waals surface area contributed by atoms with Gasteiger partial charge in [0.25, 0.3) is 5.91 Å². The van der Waals surface area contributed by atoms with E-state index < -0.39 is 23.4 Å². The molecule has 2 N–H and O–H groups in total. The third kappa shape index (κ3) is 4.17. The van der Waals surface area contributed by atoms with Crippen LogP contribution in [0.2, 0.25) is 5.02 Å². The van der Waals surface area contributed by atoms with E-state index in [1.165, 1.54) is 30.5 Å². The number of urea groups is 1. The molecule has 0 atom stereocenters. The highest BCUT2D eigenvalue weighted by Crippen LogP contribution is 2.51. The largest absolute Gasteiger partial charge is 0.478 e. The molecular formula is C25H23ClFN5O4. The lowest BCUT2D eigenvalue weighted by atomic mass is 9.99. The molecule has 1 saturated carbocycles. The van der Waals surface area contributed by atoms with Crippen LogP contribution in [-0.4, -0.2) is 56.2 Å². The van der Waals surface area contributed by atoms with Crippen LogP contribution in [0.25, 0.3) is 0 Å². The summed E-state index contributed by atoms with van der Waals surface area (Å²) >= 11 is 5.81. The maximum atomic E-state index is 13.6. The second-order valence-electron chi connectivity index (χ2n) is 8.99. The molecule has 0 unspecified atom stereocenters. The Balaban J connectivity index is 1.34. The zero-order chi connectivity index (χ0) is 25.6. The first kappa shape index (κ1) is 23.8. The number of carboxylic acid groups (broad SMARTS) is 1. The normalized spacial score (nSPS) is 15.7. The Kier molecular flexibility index (Phi) is 5.91. The van der Waals surface area contributed by atoms with Crippen LogP contribution < -0.4 is 5.32 Å². The Morgan fingerprint density at radius 2 is 1.94 bits per heavy atom. The Morgan fingerprint density at radius 3 is 2.64 bits per heavy atom. The van der Waals surface area contributed by atoms with Crippen molar-refractivity contribution in [2.24, 2.45) is 0 Å². The summed E-state index contributed by atoms with van der Waals surface area (Å²) in [7, 11) is 1.71. The number of carbonyl (C=O) groups excluding carboxylic acids is 2. The molecule has 36 heavy (non-hydrogen) atoms. The number of benzene rings is 2. The van der Waals surface area contributed by atoms with Gasteiger partial charge >= 0.3 is 12.0 Å². The van der Waals surface area contributed by atoms with E-state index in [-0.39, 0.29) is 23.0 Å². The fourth-order valence-corrected chi connectivity index (χ4v) is 4.81. The van der Waals surface area contributed by atoms with E-state index in [2.05, 4.69) is 10.4 Å². The number of carbonyl (C=O) groups is 3. The van der Waals surface area contributed by atoms with E-state index in [4.69, 9.17) is 11.6 Å². The van der Waals surface area contributed by atoms with Gasteiger partial charge in [0, 0.05) is 19.3 Å². The molecule has 1 fully saturated rings. The molecule has 11 heteroatoms. The average molecular weight is 512 g/mol. The summed E-state index contributed by atoms with van der Waals surface area (Å²) < 4.78 is 15.1. The van der Waals surface area contributed by atoms with Crippen molar-refractivity contribution in [2.45, 2.75) is 31.5 Å². The van der Waals surface area contributed by atoms with Gasteiger partial charge in [0.2, 0.25) is 0 Å². The van der Waals surface area contributed by atoms with E-state index >= 15 is 0 Å². The Bertz CT molecular complexity index is 1390. The molecule has 2 aliphatic rings. The van der Waals surface area contributed by atoms with Crippen LogP contribution in [0.15, 0.2) is 48.7 Å². The van der Waals surface area contributed by atoms with E-state index in [0.29, 0.717) is 30.0 Å². The number of aromatic nitrogens is 2. The van der Waals surface area contributed by atoms with Gasteiger partial charge < -0.3 is 20.2 Å². The molecular weight excluding hydrogens is 489 g/mol. The summed E-state index contributed by atoms with van der Waals surface area (Å²) in [5, 5.41) is 16.3. The standard InChI is InChI=1S/C25H23ClFN5O4/c1-30(25(7-8-25)16-4-2-3-15(11-16)23(34)35)22(33)18-13-28-32-10-9-31(14-21(18)32)24(36)29-17-5-6-20(27)19(26)12-17/h2-6,11-13H,7-10,14H2,1H3,(H,29,36)(H,34,35). The molecule has 1 aliphatic heterocycles. The van der Waals surface area contributed by atoms with Gasteiger partial charge in [-0.1, -0.05) is 23.7 Å². The zero-order valence-corrected chi connectivity index (χ0v) is 20.1. The predicted molar refractivity (Wildman–Crippen MR) is 129 cm³/mol. The average Bonchev–Trinajstić information content (AvgIpc) is 3.58. The lowest BCUT2D eigenvalue weighted by molar-refractivity contribution is 0.0696. The number of carboxylic acids is 1.